The van der Waals surface area contributed by atoms with Crippen molar-refractivity contribution in [2.24, 2.45) is 0 Å². The molecule has 0 heterocycles. The average Bonchev–Trinajstić information content (AvgIpc) is 2.02. The van der Waals surface area contributed by atoms with Crippen LogP contribution in [-0.4, -0.2) is 17.9 Å². The monoisotopic (exact) mass is 154 g/mol. The highest BCUT2D eigenvalue weighted by Gasteiger charge is 2.11. The number of rotatable bonds is 4. The van der Waals surface area contributed by atoms with Crippen molar-refractivity contribution in [1.29, 1.82) is 0 Å². The van der Waals surface area contributed by atoms with Crippen molar-refractivity contribution in [3.05, 3.63) is 25.3 Å². The van der Waals surface area contributed by atoms with Gasteiger partial charge in [-0.3, -0.25) is 4.79 Å². The standard InChI is InChI=1S/C8H10O3/c1-4-7(9)6(3)11-8(10)5-2/h4-6H,1-2H2,3H3. The molecule has 0 radical (unpaired) electrons. The lowest BCUT2D eigenvalue weighted by molar-refractivity contribution is -0.147. The van der Waals surface area contributed by atoms with Gasteiger partial charge in [-0.1, -0.05) is 13.2 Å². The molecule has 0 saturated heterocycles. The van der Waals surface area contributed by atoms with Crippen molar-refractivity contribution in [1.82, 2.24) is 0 Å². The van der Waals surface area contributed by atoms with Crippen molar-refractivity contribution in [2.75, 3.05) is 0 Å². The van der Waals surface area contributed by atoms with Crippen LogP contribution in [0.3, 0.4) is 0 Å². The first-order chi connectivity index (χ1) is 5.11. The van der Waals surface area contributed by atoms with Crippen LogP contribution in [0.1, 0.15) is 6.92 Å². The summed E-state index contributed by atoms with van der Waals surface area (Å²) in [6, 6.07) is 0. The van der Waals surface area contributed by atoms with Gasteiger partial charge in [0.25, 0.3) is 0 Å². The summed E-state index contributed by atoms with van der Waals surface area (Å²) in [5, 5.41) is 0. The topological polar surface area (TPSA) is 43.4 Å². The van der Waals surface area contributed by atoms with E-state index in [-0.39, 0.29) is 5.78 Å². The van der Waals surface area contributed by atoms with Crippen molar-refractivity contribution >= 4 is 11.8 Å². The van der Waals surface area contributed by atoms with Gasteiger partial charge in [-0.15, -0.1) is 0 Å². The Balaban J connectivity index is 3.95. The summed E-state index contributed by atoms with van der Waals surface area (Å²) in [6.07, 6.45) is 1.35. The third-order valence-corrected chi connectivity index (χ3v) is 1.06. The summed E-state index contributed by atoms with van der Waals surface area (Å²) < 4.78 is 4.57. The van der Waals surface area contributed by atoms with Crippen molar-refractivity contribution in [3.8, 4) is 0 Å². The van der Waals surface area contributed by atoms with Gasteiger partial charge in [-0.05, 0) is 13.0 Å². The van der Waals surface area contributed by atoms with E-state index in [0.717, 1.165) is 12.2 Å². The summed E-state index contributed by atoms with van der Waals surface area (Å²) in [6.45, 7) is 7.91. The predicted molar refractivity (Wildman–Crippen MR) is 41.0 cm³/mol. The van der Waals surface area contributed by atoms with Crippen molar-refractivity contribution in [3.63, 3.8) is 0 Å². The van der Waals surface area contributed by atoms with E-state index < -0.39 is 12.1 Å². The SMILES string of the molecule is C=CC(=O)OC(C)C(=O)C=C. The van der Waals surface area contributed by atoms with Crippen LogP contribution < -0.4 is 0 Å². The minimum absolute atomic E-state index is 0.319. The Morgan fingerprint density at radius 2 is 1.91 bits per heavy atom. The van der Waals surface area contributed by atoms with Gasteiger partial charge >= 0.3 is 5.97 Å². The third-order valence-electron chi connectivity index (χ3n) is 1.06. The maximum atomic E-state index is 10.7. The first-order valence-corrected chi connectivity index (χ1v) is 3.11. The van der Waals surface area contributed by atoms with Gasteiger partial charge in [0.15, 0.2) is 11.9 Å². The van der Waals surface area contributed by atoms with E-state index in [4.69, 9.17) is 0 Å². The van der Waals surface area contributed by atoms with E-state index in [2.05, 4.69) is 17.9 Å². The van der Waals surface area contributed by atoms with E-state index in [1.807, 2.05) is 0 Å². The molecule has 3 heteroatoms. The molecule has 0 bridgehead atoms. The molecule has 0 N–H and O–H groups in total. The fraction of sp³-hybridized carbons (Fsp3) is 0.250. The summed E-state index contributed by atoms with van der Waals surface area (Å²) in [5.41, 5.74) is 0. The summed E-state index contributed by atoms with van der Waals surface area (Å²) in [5.74, 6) is -0.923. The van der Waals surface area contributed by atoms with Crippen LogP contribution in [0.5, 0.6) is 0 Å². The zero-order chi connectivity index (χ0) is 8.85. The van der Waals surface area contributed by atoms with Gasteiger partial charge < -0.3 is 4.74 Å². The second kappa shape index (κ2) is 4.44. The van der Waals surface area contributed by atoms with E-state index in [1.165, 1.54) is 6.92 Å². The van der Waals surface area contributed by atoms with Gasteiger partial charge in [0.1, 0.15) is 0 Å². The Morgan fingerprint density at radius 1 is 1.36 bits per heavy atom. The second-order valence-electron chi connectivity index (χ2n) is 1.89. The highest BCUT2D eigenvalue weighted by Crippen LogP contribution is 1.94. The van der Waals surface area contributed by atoms with E-state index in [9.17, 15) is 9.59 Å². The Hall–Kier alpha value is -1.38. The number of ether oxygens (including phenoxy) is 1. The van der Waals surface area contributed by atoms with Crippen molar-refractivity contribution in [2.45, 2.75) is 13.0 Å². The van der Waals surface area contributed by atoms with Crippen molar-refractivity contribution < 1.29 is 14.3 Å². The minimum Gasteiger partial charge on any atom is -0.451 e. The molecule has 0 aromatic heterocycles. The lowest BCUT2D eigenvalue weighted by atomic mass is 10.2. The molecule has 60 valence electrons. The Bertz CT molecular complexity index is 194. The molecule has 11 heavy (non-hydrogen) atoms. The van der Waals surface area contributed by atoms with Crippen LogP contribution in [0, 0.1) is 0 Å². The molecule has 0 spiro atoms. The van der Waals surface area contributed by atoms with E-state index >= 15 is 0 Å². The predicted octanol–water partition coefficient (Wildman–Crippen LogP) is 0.859. The highest BCUT2D eigenvalue weighted by atomic mass is 16.5. The molecule has 0 aliphatic heterocycles. The zero-order valence-electron chi connectivity index (χ0n) is 6.37. The molecule has 0 aliphatic rings. The van der Waals surface area contributed by atoms with Crippen LogP contribution in [0.4, 0.5) is 0 Å². The summed E-state index contributed by atoms with van der Waals surface area (Å²) in [7, 11) is 0. The first kappa shape index (κ1) is 9.62. The number of carbonyl (C=O) groups is 2. The summed E-state index contributed by atoms with van der Waals surface area (Å²) >= 11 is 0. The maximum absolute atomic E-state index is 10.7. The smallest absolute Gasteiger partial charge is 0.330 e. The van der Waals surface area contributed by atoms with E-state index in [0.29, 0.717) is 0 Å². The lowest BCUT2D eigenvalue weighted by Crippen LogP contribution is -2.21. The normalized spacial score (nSPS) is 11.4. The van der Waals surface area contributed by atoms with Gasteiger partial charge in [0, 0.05) is 6.08 Å². The third kappa shape index (κ3) is 3.35. The molecule has 0 fully saturated rings. The fourth-order valence-electron chi connectivity index (χ4n) is 0.446. The number of hydrogen-bond donors (Lipinski definition) is 0. The number of carbonyl (C=O) groups excluding carboxylic acids is 2. The molecule has 0 aromatic rings. The minimum atomic E-state index is -0.766. The van der Waals surface area contributed by atoms with Gasteiger partial charge in [0.05, 0.1) is 0 Å². The largest absolute Gasteiger partial charge is 0.451 e. The first-order valence-electron chi connectivity index (χ1n) is 3.11. The lowest BCUT2D eigenvalue weighted by Gasteiger charge is -2.06. The molecule has 0 aromatic carbocycles. The maximum Gasteiger partial charge on any atom is 0.330 e. The molecule has 0 amide bonds. The summed E-state index contributed by atoms with van der Waals surface area (Å²) in [4.78, 5) is 21.2. The molecular formula is C8H10O3. The van der Waals surface area contributed by atoms with Crippen LogP contribution in [0.2, 0.25) is 0 Å². The van der Waals surface area contributed by atoms with Gasteiger partial charge in [-0.25, -0.2) is 4.79 Å². The van der Waals surface area contributed by atoms with Crippen LogP contribution >= 0.6 is 0 Å². The molecule has 0 rings (SSSR count). The molecule has 0 saturated carbocycles. The number of hydrogen-bond acceptors (Lipinski definition) is 3. The van der Waals surface area contributed by atoms with Crippen LogP contribution in [0.15, 0.2) is 25.3 Å². The molecule has 1 atom stereocenters. The van der Waals surface area contributed by atoms with E-state index in [1.54, 1.807) is 0 Å². The number of esters is 1. The molecular weight excluding hydrogens is 144 g/mol. The fourth-order valence-corrected chi connectivity index (χ4v) is 0.446. The van der Waals surface area contributed by atoms with Gasteiger partial charge in [0.2, 0.25) is 0 Å². The van der Waals surface area contributed by atoms with Gasteiger partial charge in [-0.2, -0.15) is 0 Å². The Labute approximate surface area is 65.4 Å². The Morgan fingerprint density at radius 3 is 2.27 bits per heavy atom. The quantitative estimate of drug-likeness (QED) is 0.445. The zero-order valence-corrected chi connectivity index (χ0v) is 6.37. The average molecular weight is 154 g/mol. The van der Waals surface area contributed by atoms with Crippen LogP contribution in [-0.2, 0) is 14.3 Å². The second-order valence-corrected chi connectivity index (χ2v) is 1.89. The highest BCUT2D eigenvalue weighted by molar-refractivity contribution is 5.94. The molecule has 3 nitrogen and oxygen atoms in total. The molecule has 0 aliphatic carbocycles. The Kier molecular flexibility index (Phi) is 3.88. The van der Waals surface area contributed by atoms with Crippen LogP contribution in [0.25, 0.3) is 0 Å². The molecule has 1 unspecified atom stereocenters. The number of ketones is 1.